The lowest BCUT2D eigenvalue weighted by Crippen LogP contribution is -2.24. The molecule has 14 heavy (non-hydrogen) atoms. The van der Waals surface area contributed by atoms with E-state index in [9.17, 15) is 4.79 Å². The molecule has 0 radical (unpaired) electrons. The van der Waals surface area contributed by atoms with Crippen molar-refractivity contribution in [2.45, 2.75) is 52.2 Å². The Bertz CT molecular complexity index is 169. The molecule has 0 amide bonds. The largest absolute Gasteiger partial charge is 0.508 e. The van der Waals surface area contributed by atoms with Crippen LogP contribution in [0.2, 0.25) is 0 Å². The van der Waals surface area contributed by atoms with Crippen molar-refractivity contribution in [3.05, 3.63) is 0 Å². The topological polar surface area (TPSA) is 55.8 Å². The van der Waals surface area contributed by atoms with Crippen molar-refractivity contribution in [3.8, 4) is 0 Å². The molecule has 0 rings (SSSR count). The van der Waals surface area contributed by atoms with E-state index in [0.29, 0.717) is 19.4 Å². The number of hydrogen-bond acceptors (Lipinski definition) is 4. The van der Waals surface area contributed by atoms with E-state index in [1.807, 2.05) is 0 Å². The molecule has 0 aliphatic carbocycles. The normalized spacial score (nSPS) is 13.5. The van der Waals surface area contributed by atoms with Gasteiger partial charge in [0.25, 0.3) is 0 Å². The molecule has 0 aliphatic heterocycles. The molecule has 84 valence electrons. The summed E-state index contributed by atoms with van der Waals surface area (Å²) in [6, 6.07) is 0. The zero-order chi connectivity index (χ0) is 11.2. The van der Waals surface area contributed by atoms with Crippen LogP contribution in [0.4, 0.5) is 4.79 Å². The number of rotatable bonds is 4. The fourth-order valence-electron chi connectivity index (χ4n) is 0.814. The average Bonchev–Trinajstić information content (AvgIpc) is 1.94. The number of carbonyl (C=O) groups is 1. The van der Waals surface area contributed by atoms with Gasteiger partial charge in [-0.15, -0.1) is 0 Å². The van der Waals surface area contributed by atoms with Crippen LogP contribution in [-0.4, -0.2) is 29.6 Å². The average molecular weight is 204 g/mol. The number of ether oxygens (including phenoxy) is 2. The minimum atomic E-state index is -0.650. The van der Waals surface area contributed by atoms with Crippen molar-refractivity contribution < 1.29 is 19.4 Å². The third kappa shape index (κ3) is 9.32. The minimum Gasteiger partial charge on any atom is -0.434 e. The number of aliphatic hydroxyl groups excluding tert-OH is 1. The van der Waals surface area contributed by atoms with Gasteiger partial charge < -0.3 is 14.6 Å². The molecule has 0 bridgehead atoms. The van der Waals surface area contributed by atoms with Gasteiger partial charge in [0.2, 0.25) is 0 Å². The van der Waals surface area contributed by atoms with Crippen LogP contribution in [0.15, 0.2) is 0 Å². The van der Waals surface area contributed by atoms with E-state index in [0.717, 1.165) is 0 Å². The van der Waals surface area contributed by atoms with E-state index >= 15 is 0 Å². The standard InChI is InChI=1S/C10H20O4/c1-8(11)6-5-7-13-9(12)14-10(2,3)4/h8,11H,5-7H2,1-4H3. The van der Waals surface area contributed by atoms with E-state index < -0.39 is 11.8 Å². The summed E-state index contributed by atoms with van der Waals surface area (Å²) >= 11 is 0. The van der Waals surface area contributed by atoms with Crippen molar-refractivity contribution in [3.63, 3.8) is 0 Å². The van der Waals surface area contributed by atoms with Gasteiger partial charge in [0.05, 0.1) is 12.7 Å². The SMILES string of the molecule is CC(O)CCCOC(=O)OC(C)(C)C. The quantitative estimate of drug-likeness (QED) is 0.562. The number of hydrogen-bond donors (Lipinski definition) is 1. The van der Waals surface area contributed by atoms with E-state index in [1.54, 1.807) is 27.7 Å². The van der Waals surface area contributed by atoms with Crippen LogP contribution in [0, 0.1) is 0 Å². The maximum absolute atomic E-state index is 11.0. The van der Waals surface area contributed by atoms with E-state index in [4.69, 9.17) is 14.6 Å². The highest BCUT2D eigenvalue weighted by Crippen LogP contribution is 2.08. The third-order valence-corrected chi connectivity index (χ3v) is 1.38. The molecule has 1 N–H and O–H groups in total. The molecule has 4 nitrogen and oxygen atoms in total. The second-order valence-corrected chi connectivity index (χ2v) is 4.30. The van der Waals surface area contributed by atoms with Crippen molar-refractivity contribution in [2.24, 2.45) is 0 Å². The fourth-order valence-corrected chi connectivity index (χ4v) is 0.814. The van der Waals surface area contributed by atoms with Crippen LogP contribution in [0.25, 0.3) is 0 Å². The highest BCUT2D eigenvalue weighted by molar-refractivity contribution is 5.60. The van der Waals surface area contributed by atoms with Gasteiger partial charge in [0.1, 0.15) is 5.60 Å². The molecule has 0 aromatic heterocycles. The molecule has 0 saturated heterocycles. The first-order chi connectivity index (χ1) is 6.31. The first-order valence-corrected chi connectivity index (χ1v) is 4.85. The number of carbonyl (C=O) groups excluding carboxylic acids is 1. The Morgan fingerprint density at radius 1 is 1.43 bits per heavy atom. The summed E-state index contributed by atoms with van der Waals surface area (Å²) in [5.41, 5.74) is -0.513. The van der Waals surface area contributed by atoms with Crippen LogP contribution in [0.1, 0.15) is 40.5 Å². The Labute approximate surface area is 85.2 Å². The van der Waals surface area contributed by atoms with Crippen molar-refractivity contribution in [1.82, 2.24) is 0 Å². The summed E-state index contributed by atoms with van der Waals surface area (Å²) in [6.45, 7) is 7.34. The van der Waals surface area contributed by atoms with Gasteiger partial charge in [-0.2, -0.15) is 0 Å². The number of aliphatic hydroxyl groups is 1. The molecular weight excluding hydrogens is 184 g/mol. The minimum absolute atomic E-state index is 0.291. The van der Waals surface area contributed by atoms with E-state index in [1.165, 1.54) is 0 Å². The lowest BCUT2D eigenvalue weighted by Gasteiger charge is -2.18. The van der Waals surface area contributed by atoms with Crippen LogP contribution < -0.4 is 0 Å². The summed E-state index contributed by atoms with van der Waals surface area (Å²) in [4.78, 5) is 11.0. The van der Waals surface area contributed by atoms with E-state index in [-0.39, 0.29) is 6.10 Å². The molecule has 0 saturated carbocycles. The Balaban J connectivity index is 3.46. The second kappa shape index (κ2) is 5.86. The van der Waals surface area contributed by atoms with Gasteiger partial charge >= 0.3 is 6.16 Å². The molecule has 0 spiro atoms. The second-order valence-electron chi connectivity index (χ2n) is 4.30. The Kier molecular flexibility index (Phi) is 5.53. The summed E-state index contributed by atoms with van der Waals surface area (Å²) in [6.07, 6.45) is 0.278. The summed E-state index contributed by atoms with van der Waals surface area (Å²) in [5.74, 6) is 0. The highest BCUT2D eigenvalue weighted by atomic mass is 16.7. The first kappa shape index (κ1) is 13.2. The zero-order valence-corrected chi connectivity index (χ0v) is 9.37. The maximum Gasteiger partial charge on any atom is 0.508 e. The predicted octanol–water partition coefficient (Wildman–Crippen LogP) is 2.10. The predicted molar refractivity (Wildman–Crippen MR) is 53.1 cm³/mol. The molecule has 0 fully saturated rings. The van der Waals surface area contributed by atoms with Gasteiger partial charge in [0.15, 0.2) is 0 Å². The van der Waals surface area contributed by atoms with Crippen molar-refractivity contribution in [1.29, 1.82) is 0 Å². The fraction of sp³-hybridized carbons (Fsp3) is 0.900. The molecule has 0 aromatic carbocycles. The Morgan fingerprint density at radius 3 is 2.43 bits per heavy atom. The third-order valence-electron chi connectivity index (χ3n) is 1.38. The van der Waals surface area contributed by atoms with Gasteiger partial charge in [-0.1, -0.05) is 0 Å². The molecule has 0 aromatic rings. The first-order valence-electron chi connectivity index (χ1n) is 4.85. The summed E-state index contributed by atoms with van der Waals surface area (Å²) in [7, 11) is 0. The van der Waals surface area contributed by atoms with Gasteiger partial charge in [0, 0.05) is 0 Å². The van der Waals surface area contributed by atoms with Crippen LogP contribution in [0.5, 0.6) is 0 Å². The van der Waals surface area contributed by atoms with Crippen molar-refractivity contribution in [2.75, 3.05) is 6.61 Å². The summed E-state index contributed by atoms with van der Waals surface area (Å²) < 4.78 is 9.72. The Hall–Kier alpha value is -0.770. The molecule has 4 heteroatoms. The molecule has 0 aliphatic rings. The molecular formula is C10H20O4. The van der Waals surface area contributed by atoms with Gasteiger partial charge in [-0.25, -0.2) is 4.79 Å². The highest BCUT2D eigenvalue weighted by Gasteiger charge is 2.16. The molecule has 0 heterocycles. The van der Waals surface area contributed by atoms with Crippen molar-refractivity contribution >= 4 is 6.16 Å². The van der Waals surface area contributed by atoms with Crippen LogP contribution >= 0.6 is 0 Å². The van der Waals surface area contributed by atoms with Gasteiger partial charge in [-0.05, 0) is 40.5 Å². The maximum atomic E-state index is 11.0. The lowest BCUT2D eigenvalue weighted by molar-refractivity contribution is -0.00874. The summed E-state index contributed by atoms with van der Waals surface area (Å²) in [5, 5.41) is 8.93. The van der Waals surface area contributed by atoms with Gasteiger partial charge in [-0.3, -0.25) is 0 Å². The smallest absolute Gasteiger partial charge is 0.434 e. The monoisotopic (exact) mass is 204 g/mol. The van der Waals surface area contributed by atoms with Crippen LogP contribution in [-0.2, 0) is 9.47 Å². The Morgan fingerprint density at radius 2 is 2.00 bits per heavy atom. The molecule has 1 atom stereocenters. The van der Waals surface area contributed by atoms with E-state index in [2.05, 4.69) is 0 Å². The zero-order valence-electron chi connectivity index (χ0n) is 9.37. The van der Waals surface area contributed by atoms with Crippen LogP contribution in [0.3, 0.4) is 0 Å². The lowest BCUT2D eigenvalue weighted by atomic mass is 10.2. The molecule has 1 unspecified atom stereocenters.